The van der Waals surface area contributed by atoms with Gasteiger partial charge in [0.25, 0.3) is 0 Å². The molecular formula is C16H23N3. The van der Waals surface area contributed by atoms with E-state index in [-0.39, 0.29) is 0 Å². The Labute approximate surface area is 114 Å². The molecule has 0 spiro atoms. The van der Waals surface area contributed by atoms with Crippen molar-refractivity contribution in [2.75, 3.05) is 0 Å². The molecule has 3 heteroatoms. The predicted octanol–water partition coefficient (Wildman–Crippen LogP) is 2.93. The molecule has 0 aliphatic heterocycles. The van der Waals surface area contributed by atoms with E-state index in [9.17, 15) is 0 Å². The monoisotopic (exact) mass is 257 g/mol. The number of nitrogens with zero attached hydrogens (tertiary/aromatic N) is 1. The van der Waals surface area contributed by atoms with Crippen molar-refractivity contribution in [3.05, 3.63) is 35.5 Å². The van der Waals surface area contributed by atoms with E-state index in [1.54, 1.807) is 0 Å². The van der Waals surface area contributed by atoms with E-state index < -0.39 is 0 Å². The second-order valence-electron chi connectivity index (χ2n) is 5.81. The van der Waals surface area contributed by atoms with E-state index in [1.807, 2.05) is 0 Å². The van der Waals surface area contributed by atoms with Gasteiger partial charge >= 0.3 is 0 Å². The molecule has 1 aromatic carbocycles. The van der Waals surface area contributed by atoms with Crippen molar-refractivity contribution >= 4 is 10.9 Å². The van der Waals surface area contributed by atoms with Crippen molar-refractivity contribution in [3.8, 4) is 0 Å². The summed E-state index contributed by atoms with van der Waals surface area (Å²) in [5.74, 6) is 0. The van der Waals surface area contributed by atoms with Gasteiger partial charge in [0.05, 0.1) is 5.52 Å². The van der Waals surface area contributed by atoms with Gasteiger partial charge in [-0.25, -0.2) is 0 Å². The van der Waals surface area contributed by atoms with Crippen LogP contribution < -0.4 is 11.1 Å². The molecule has 0 amide bonds. The van der Waals surface area contributed by atoms with Crippen molar-refractivity contribution in [2.45, 2.75) is 51.9 Å². The lowest BCUT2D eigenvalue weighted by Gasteiger charge is -2.16. The molecule has 0 bridgehead atoms. The zero-order chi connectivity index (χ0) is 13.4. The van der Waals surface area contributed by atoms with Gasteiger partial charge in [-0.05, 0) is 38.3 Å². The molecule has 1 aliphatic carbocycles. The van der Waals surface area contributed by atoms with E-state index in [1.165, 1.54) is 35.0 Å². The standard InChI is InChI=1S/C16H23N3/c1-11(2)19-15(10-18-14-6-7-14)8-12-4-3-5-13(9-17)16(12)19/h3-5,8,11,14,18H,6-7,9-10,17H2,1-2H3. The van der Waals surface area contributed by atoms with Crippen LogP contribution >= 0.6 is 0 Å². The van der Waals surface area contributed by atoms with Gasteiger partial charge in [-0.3, -0.25) is 0 Å². The second kappa shape index (κ2) is 4.99. The molecule has 19 heavy (non-hydrogen) atoms. The largest absolute Gasteiger partial charge is 0.341 e. The molecule has 0 unspecified atom stereocenters. The lowest BCUT2D eigenvalue weighted by atomic mass is 10.1. The first kappa shape index (κ1) is 12.7. The quantitative estimate of drug-likeness (QED) is 0.865. The Morgan fingerprint density at radius 3 is 2.79 bits per heavy atom. The van der Waals surface area contributed by atoms with Crippen LogP contribution in [0, 0.1) is 0 Å². The molecule has 1 fully saturated rings. The summed E-state index contributed by atoms with van der Waals surface area (Å²) < 4.78 is 2.44. The third-order valence-corrected chi connectivity index (χ3v) is 3.91. The first-order valence-corrected chi connectivity index (χ1v) is 7.26. The first-order chi connectivity index (χ1) is 9.20. The Hall–Kier alpha value is -1.32. The average Bonchev–Trinajstić information content (AvgIpc) is 3.14. The summed E-state index contributed by atoms with van der Waals surface area (Å²) in [6.45, 7) is 6.05. The van der Waals surface area contributed by atoms with E-state index in [0.717, 1.165) is 12.6 Å². The lowest BCUT2D eigenvalue weighted by Crippen LogP contribution is -2.19. The summed E-state index contributed by atoms with van der Waals surface area (Å²) in [5, 5.41) is 4.92. The fraction of sp³-hybridized carbons (Fsp3) is 0.500. The minimum absolute atomic E-state index is 0.459. The van der Waals surface area contributed by atoms with Gasteiger partial charge in [0, 0.05) is 36.3 Å². The minimum atomic E-state index is 0.459. The van der Waals surface area contributed by atoms with Crippen LogP contribution in [-0.2, 0) is 13.1 Å². The van der Waals surface area contributed by atoms with Gasteiger partial charge in [0.1, 0.15) is 0 Å². The fourth-order valence-electron chi connectivity index (χ4n) is 2.84. The smallest absolute Gasteiger partial charge is 0.0530 e. The van der Waals surface area contributed by atoms with Crippen molar-refractivity contribution in [3.63, 3.8) is 0 Å². The van der Waals surface area contributed by atoms with Crippen molar-refractivity contribution in [1.82, 2.24) is 9.88 Å². The van der Waals surface area contributed by atoms with Crippen molar-refractivity contribution < 1.29 is 0 Å². The number of hydrogen-bond acceptors (Lipinski definition) is 2. The lowest BCUT2D eigenvalue weighted by molar-refractivity contribution is 0.564. The molecule has 3 nitrogen and oxygen atoms in total. The summed E-state index contributed by atoms with van der Waals surface area (Å²) in [6, 6.07) is 9.94. The summed E-state index contributed by atoms with van der Waals surface area (Å²) in [7, 11) is 0. The van der Waals surface area contributed by atoms with E-state index in [4.69, 9.17) is 5.73 Å². The average molecular weight is 257 g/mol. The summed E-state index contributed by atoms with van der Waals surface area (Å²) in [5.41, 5.74) is 9.82. The number of para-hydroxylation sites is 1. The van der Waals surface area contributed by atoms with Gasteiger partial charge in [-0.15, -0.1) is 0 Å². The third kappa shape index (κ3) is 2.40. The van der Waals surface area contributed by atoms with Crippen LogP contribution in [0.1, 0.15) is 44.0 Å². The SMILES string of the molecule is CC(C)n1c(CNC2CC2)cc2cccc(CN)c21. The zero-order valence-electron chi connectivity index (χ0n) is 11.8. The number of aromatic nitrogens is 1. The molecule has 0 atom stereocenters. The molecule has 2 aromatic rings. The molecular weight excluding hydrogens is 234 g/mol. The molecule has 1 aromatic heterocycles. The van der Waals surface area contributed by atoms with Crippen LogP contribution in [0.2, 0.25) is 0 Å². The molecule has 1 saturated carbocycles. The van der Waals surface area contributed by atoms with E-state index in [2.05, 4.69) is 48.0 Å². The normalized spacial score (nSPS) is 15.6. The number of benzene rings is 1. The van der Waals surface area contributed by atoms with Crippen LogP contribution in [0.5, 0.6) is 0 Å². The Balaban J connectivity index is 2.06. The highest BCUT2D eigenvalue weighted by Crippen LogP contribution is 2.28. The number of nitrogens with two attached hydrogens (primary N) is 1. The topological polar surface area (TPSA) is 43.0 Å². The van der Waals surface area contributed by atoms with Crippen molar-refractivity contribution in [1.29, 1.82) is 0 Å². The molecule has 0 radical (unpaired) electrons. The molecule has 3 N–H and O–H groups in total. The van der Waals surface area contributed by atoms with Crippen LogP contribution in [-0.4, -0.2) is 10.6 Å². The fourth-order valence-corrected chi connectivity index (χ4v) is 2.84. The predicted molar refractivity (Wildman–Crippen MR) is 80.1 cm³/mol. The van der Waals surface area contributed by atoms with E-state index >= 15 is 0 Å². The molecule has 1 heterocycles. The Morgan fingerprint density at radius 2 is 2.16 bits per heavy atom. The molecule has 3 rings (SSSR count). The molecule has 1 aliphatic rings. The maximum absolute atomic E-state index is 5.90. The molecule has 102 valence electrons. The van der Waals surface area contributed by atoms with Crippen molar-refractivity contribution in [2.24, 2.45) is 5.73 Å². The van der Waals surface area contributed by atoms with Gasteiger partial charge in [-0.2, -0.15) is 0 Å². The van der Waals surface area contributed by atoms with Crippen LogP contribution in [0.25, 0.3) is 10.9 Å². The summed E-state index contributed by atoms with van der Waals surface area (Å²) >= 11 is 0. The number of nitrogens with one attached hydrogen (secondary N) is 1. The minimum Gasteiger partial charge on any atom is -0.341 e. The Kier molecular flexibility index (Phi) is 3.33. The number of hydrogen-bond donors (Lipinski definition) is 2. The summed E-state index contributed by atoms with van der Waals surface area (Å²) in [6.07, 6.45) is 2.66. The van der Waals surface area contributed by atoms with Gasteiger partial charge < -0.3 is 15.6 Å². The van der Waals surface area contributed by atoms with Crippen LogP contribution in [0.3, 0.4) is 0 Å². The zero-order valence-corrected chi connectivity index (χ0v) is 11.8. The Morgan fingerprint density at radius 1 is 1.37 bits per heavy atom. The van der Waals surface area contributed by atoms with Gasteiger partial charge in [-0.1, -0.05) is 18.2 Å². The highest BCUT2D eigenvalue weighted by molar-refractivity contribution is 5.84. The Bertz CT molecular complexity index is 579. The van der Waals surface area contributed by atoms with Gasteiger partial charge in [0.15, 0.2) is 0 Å². The first-order valence-electron chi connectivity index (χ1n) is 7.26. The maximum Gasteiger partial charge on any atom is 0.0530 e. The highest BCUT2D eigenvalue weighted by Gasteiger charge is 2.21. The third-order valence-electron chi connectivity index (χ3n) is 3.91. The van der Waals surface area contributed by atoms with Crippen LogP contribution in [0.4, 0.5) is 0 Å². The number of rotatable bonds is 5. The number of fused-ring (bicyclic) bond motifs is 1. The maximum atomic E-state index is 5.90. The van der Waals surface area contributed by atoms with Gasteiger partial charge in [0.2, 0.25) is 0 Å². The second-order valence-corrected chi connectivity index (χ2v) is 5.81. The summed E-state index contributed by atoms with van der Waals surface area (Å²) in [4.78, 5) is 0. The highest BCUT2D eigenvalue weighted by atomic mass is 15.1. The van der Waals surface area contributed by atoms with Crippen LogP contribution in [0.15, 0.2) is 24.3 Å². The molecule has 0 saturated heterocycles. The van der Waals surface area contributed by atoms with E-state index in [0.29, 0.717) is 12.6 Å².